The van der Waals surface area contributed by atoms with Crippen LogP contribution in [0.1, 0.15) is 16.0 Å². The van der Waals surface area contributed by atoms with E-state index in [2.05, 4.69) is 55.3 Å². The molecule has 25 heavy (non-hydrogen) atoms. The molecule has 0 bridgehead atoms. The molecular formula is C20H18N4S. The Bertz CT molecular complexity index is 1030. The lowest BCUT2D eigenvalue weighted by Crippen LogP contribution is -1.99. The number of anilines is 2. The maximum atomic E-state index is 4.78. The molecule has 3 heterocycles. The number of pyridine rings is 1. The number of benzene rings is 1. The van der Waals surface area contributed by atoms with E-state index in [1.165, 1.54) is 16.0 Å². The van der Waals surface area contributed by atoms with E-state index in [4.69, 9.17) is 9.97 Å². The van der Waals surface area contributed by atoms with E-state index in [1.54, 1.807) is 23.7 Å². The zero-order valence-corrected chi connectivity index (χ0v) is 15.2. The standard InChI is InChI=1S/C20H18N4S/c1-12-7-13(2)9-16(8-12)22-19-17-10-14(3)25-20(17)24-18(23-19)15-5-4-6-21-11-15/h4-11H,1-3H3,(H,22,23,24). The van der Waals surface area contributed by atoms with E-state index in [9.17, 15) is 0 Å². The molecule has 5 heteroatoms. The minimum Gasteiger partial charge on any atom is -0.340 e. The molecule has 0 aliphatic heterocycles. The Morgan fingerprint density at radius 1 is 0.960 bits per heavy atom. The van der Waals surface area contributed by atoms with Gasteiger partial charge in [-0.2, -0.15) is 0 Å². The first-order valence-corrected chi connectivity index (χ1v) is 8.94. The predicted octanol–water partition coefficient (Wildman–Crippen LogP) is 5.42. The molecule has 1 aromatic carbocycles. The minimum absolute atomic E-state index is 0.689. The average Bonchev–Trinajstić information content (AvgIpc) is 2.95. The molecule has 0 aliphatic rings. The van der Waals surface area contributed by atoms with Crippen molar-refractivity contribution in [1.29, 1.82) is 0 Å². The molecule has 0 amide bonds. The first kappa shape index (κ1) is 15.7. The number of hydrogen-bond donors (Lipinski definition) is 1. The topological polar surface area (TPSA) is 50.7 Å². The molecule has 0 fully saturated rings. The van der Waals surface area contributed by atoms with Gasteiger partial charge in [0.15, 0.2) is 5.82 Å². The van der Waals surface area contributed by atoms with E-state index in [0.717, 1.165) is 27.3 Å². The van der Waals surface area contributed by atoms with Gasteiger partial charge in [0.05, 0.1) is 5.39 Å². The highest BCUT2D eigenvalue weighted by molar-refractivity contribution is 7.18. The van der Waals surface area contributed by atoms with Crippen LogP contribution in [-0.2, 0) is 0 Å². The molecule has 0 spiro atoms. The molecule has 0 aliphatic carbocycles. The molecule has 0 saturated heterocycles. The summed E-state index contributed by atoms with van der Waals surface area (Å²) >= 11 is 1.68. The molecule has 3 aromatic heterocycles. The number of aromatic nitrogens is 3. The van der Waals surface area contributed by atoms with Crippen LogP contribution in [0.2, 0.25) is 0 Å². The third-order valence-corrected chi connectivity index (χ3v) is 4.86. The second-order valence-electron chi connectivity index (χ2n) is 6.21. The maximum Gasteiger partial charge on any atom is 0.164 e. The van der Waals surface area contributed by atoms with Crippen molar-refractivity contribution in [3.05, 3.63) is 64.8 Å². The Balaban J connectivity index is 1.86. The molecule has 124 valence electrons. The van der Waals surface area contributed by atoms with Crippen molar-refractivity contribution in [3.63, 3.8) is 0 Å². The van der Waals surface area contributed by atoms with Crippen molar-refractivity contribution in [3.8, 4) is 11.4 Å². The fraction of sp³-hybridized carbons (Fsp3) is 0.150. The molecule has 0 saturated carbocycles. The molecule has 4 nitrogen and oxygen atoms in total. The fourth-order valence-corrected chi connectivity index (χ4v) is 3.82. The number of nitrogens with zero attached hydrogens (tertiary/aromatic N) is 3. The predicted molar refractivity (Wildman–Crippen MR) is 105 cm³/mol. The van der Waals surface area contributed by atoms with Gasteiger partial charge >= 0.3 is 0 Å². The molecule has 1 N–H and O–H groups in total. The zero-order chi connectivity index (χ0) is 17.4. The summed E-state index contributed by atoms with van der Waals surface area (Å²) < 4.78 is 0. The summed E-state index contributed by atoms with van der Waals surface area (Å²) in [6, 6.07) is 12.4. The first-order chi connectivity index (χ1) is 12.1. The highest BCUT2D eigenvalue weighted by Crippen LogP contribution is 2.32. The lowest BCUT2D eigenvalue weighted by molar-refractivity contribution is 1.21. The summed E-state index contributed by atoms with van der Waals surface area (Å²) in [4.78, 5) is 15.9. The van der Waals surface area contributed by atoms with Gasteiger partial charge in [0.2, 0.25) is 0 Å². The van der Waals surface area contributed by atoms with Gasteiger partial charge in [0.25, 0.3) is 0 Å². The molecular weight excluding hydrogens is 328 g/mol. The maximum absolute atomic E-state index is 4.78. The smallest absolute Gasteiger partial charge is 0.164 e. The summed E-state index contributed by atoms with van der Waals surface area (Å²) in [5, 5.41) is 4.54. The van der Waals surface area contributed by atoms with Crippen molar-refractivity contribution >= 4 is 33.1 Å². The number of fused-ring (bicyclic) bond motifs is 1. The van der Waals surface area contributed by atoms with Gasteiger partial charge in [-0.3, -0.25) is 4.98 Å². The van der Waals surface area contributed by atoms with E-state index in [-0.39, 0.29) is 0 Å². The highest BCUT2D eigenvalue weighted by Gasteiger charge is 2.12. The average molecular weight is 346 g/mol. The van der Waals surface area contributed by atoms with Gasteiger partial charge in [-0.05, 0) is 62.2 Å². The normalized spacial score (nSPS) is 11.0. The van der Waals surface area contributed by atoms with E-state index >= 15 is 0 Å². The summed E-state index contributed by atoms with van der Waals surface area (Å²) in [7, 11) is 0. The lowest BCUT2D eigenvalue weighted by atomic mass is 10.1. The van der Waals surface area contributed by atoms with Crippen LogP contribution in [0, 0.1) is 20.8 Å². The van der Waals surface area contributed by atoms with Gasteiger partial charge in [-0.25, -0.2) is 9.97 Å². The largest absolute Gasteiger partial charge is 0.340 e. The molecule has 0 unspecified atom stereocenters. The van der Waals surface area contributed by atoms with Crippen molar-refractivity contribution in [2.75, 3.05) is 5.32 Å². The van der Waals surface area contributed by atoms with Gasteiger partial charge in [0, 0.05) is 28.5 Å². The number of nitrogens with one attached hydrogen (secondary N) is 1. The quantitative estimate of drug-likeness (QED) is 0.538. The second kappa shape index (κ2) is 6.26. The summed E-state index contributed by atoms with van der Waals surface area (Å²) in [5.41, 5.74) is 4.40. The Morgan fingerprint density at radius 3 is 2.48 bits per heavy atom. The third kappa shape index (κ3) is 3.23. The fourth-order valence-electron chi connectivity index (χ4n) is 2.94. The van der Waals surface area contributed by atoms with Crippen LogP contribution in [0.15, 0.2) is 48.8 Å². The Kier molecular flexibility index (Phi) is 3.93. The SMILES string of the molecule is Cc1cc(C)cc(Nc2nc(-c3cccnc3)nc3sc(C)cc23)c1. The molecule has 4 aromatic rings. The summed E-state index contributed by atoms with van der Waals surface area (Å²) in [6.07, 6.45) is 3.55. The number of aryl methyl sites for hydroxylation is 3. The van der Waals surface area contributed by atoms with E-state index in [1.807, 2.05) is 12.1 Å². The van der Waals surface area contributed by atoms with Crippen molar-refractivity contribution in [2.45, 2.75) is 20.8 Å². The van der Waals surface area contributed by atoms with Crippen LogP contribution in [0.3, 0.4) is 0 Å². The Labute approximate surface area is 150 Å². The van der Waals surface area contributed by atoms with Crippen molar-refractivity contribution in [1.82, 2.24) is 15.0 Å². The first-order valence-electron chi connectivity index (χ1n) is 8.12. The number of thiophene rings is 1. The van der Waals surface area contributed by atoms with Gasteiger partial charge in [0.1, 0.15) is 10.6 Å². The van der Waals surface area contributed by atoms with Crippen molar-refractivity contribution in [2.24, 2.45) is 0 Å². The van der Waals surface area contributed by atoms with Gasteiger partial charge in [-0.1, -0.05) is 6.07 Å². The third-order valence-electron chi connectivity index (χ3n) is 3.92. The van der Waals surface area contributed by atoms with E-state index < -0.39 is 0 Å². The van der Waals surface area contributed by atoms with Crippen LogP contribution in [0.5, 0.6) is 0 Å². The van der Waals surface area contributed by atoms with Crippen molar-refractivity contribution < 1.29 is 0 Å². The van der Waals surface area contributed by atoms with Gasteiger partial charge < -0.3 is 5.32 Å². The van der Waals surface area contributed by atoms with Crippen LogP contribution in [0.4, 0.5) is 11.5 Å². The van der Waals surface area contributed by atoms with E-state index in [0.29, 0.717) is 5.82 Å². The van der Waals surface area contributed by atoms with Crippen LogP contribution in [-0.4, -0.2) is 15.0 Å². The highest BCUT2D eigenvalue weighted by atomic mass is 32.1. The Morgan fingerprint density at radius 2 is 1.76 bits per heavy atom. The molecule has 0 radical (unpaired) electrons. The zero-order valence-electron chi connectivity index (χ0n) is 14.4. The second-order valence-corrected chi connectivity index (χ2v) is 7.45. The number of rotatable bonds is 3. The number of hydrogen-bond acceptors (Lipinski definition) is 5. The summed E-state index contributed by atoms with van der Waals surface area (Å²) in [6.45, 7) is 6.30. The molecule has 4 rings (SSSR count). The molecule has 0 atom stereocenters. The lowest BCUT2D eigenvalue weighted by Gasteiger charge is -2.10. The van der Waals surface area contributed by atoms with Crippen LogP contribution >= 0.6 is 11.3 Å². The summed E-state index contributed by atoms with van der Waals surface area (Å²) in [5.74, 6) is 1.52. The monoisotopic (exact) mass is 346 g/mol. The van der Waals surface area contributed by atoms with Gasteiger partial charge in [-0.15, -0.1) is 11.3 Å². The Hall–Kier alpha value is -2.79. The van der Waals surface area contributed by atoms with Crippen LogP contribution in [0.25, 0.3) is 21.6 Å². The minimum atomic E-state index is 0.689. The van der Waals surface area contributed by atoms with Crippen LogP contribution < -0.4 is 5.32 Å².